The van der Waals surface area contributed by atoms with Crippen LogP contribution in [-0.4, -0.2) is 31.5 Å². The van der Waals surface area contributed by atoms with Crippen molar-refractivity contribution in [3.8, 4) is 17.3 Å². The van der Waals surface area contributed by atoms with Crippen LogP contribution in [0.4, 0.5) is 19.0 Å². The zero-order valence-corrected chi connectivity index (χ0v) is 18.8. The van der Waals surface area contributed by atoms with Gasteiger partial charge in [-0.15, -0.1) is 0 Å². The molecule has 4 aromatic rings. The van der Waals surface area contributed by atoms with Gasteiger partial charge in [-0.3, -0.25) is 14.0 Å². The number of pyridine rings is 1. The lowest BCUT2D eigenvalue weighted by molar-refractivity contribution is -0.119. The van der Waals surface area contributed by atoms with Crippen LogP contribution in [0.5, 0.6) is 5.75 Å². The molecule has 0 bridgehead atoms. The second kappa shape index (κ2) is 7.90. The van der Waals surface area contributed by atoms with E-state index >= 15 is 0 Å². The maximum absolute atomic E-state index is 14.0. The molecule has 0 aliphatic carbocycles. The molecule has 0 saturated carbocycles. The summed E-state index contributed by atoms with van der Waals surface area (Å²) in [5.74, 6) is -3.18. The number of aromatic nitrogens is 4. The van der Waals surface area contributed by atoms with E-state index in [9.17, 15) is 22.8 Å². The van der Waals surface area contributed by atoms with Crippen LogP contribution >= 0.6 is 0 Å². The molecular formula is C24H18F3N5O3. The number of nitrogens with one attached hydrogen (secondary N) is 1. The van der Waals surface area contributed by atoms with E-state index in [4.69, 9.17) is 4.74 Å². The topological polar surface area (TPSA) is 98.5 Å². The van der Waals surface area contributed by atoms with Crippen LogP contribution in [0, 0.1) is 24.4 Å². The summed E-state index contributed by atoms with van der Waals surface area (Å²) >= 11 is 0. The fraction of sp³-hybridized carbons (Fsp3) is 0.208. The molecule has 4 heterocycles. The molecule has 0 unspecified atom stereocenters. The first-order valence-corrected chi connectivity index (χ1v) is 10.6. The fourth-order valence-electron chi connectivity index (χ4n) is 4.14. The SMILES string of the molecule is Cc1nc2c(OCc3c(F)ccc(F)c3F)cccn2c1-c1nc(C=O)c2c(n1)NC(=O)C2(C)C. The largest absolute Gasteiger partial charge is 0.485 e. The van der Waals surface area contributed by atoms with Gasteiger partial charge in [-0.05, 0) is 45.0 Å². The number of aryl methyl sites for hydroxylation is 1. The van der Waals surface area contributed by atoms with Gasteiger partial charge in [0, 0.05) is 11.8 Å². The van der Waals surface area contributed by atoms with Gasteiger partial charge >= 0.3 is 0 Å². The molecule has 1 aliphatic rings. The Morgan fingerprint density at radius 1 is 1.11 bits per heavy atom. The van der Waals surface area contributed by atoms with Gasteiger partial charge in [-0.1, -0.05) is 0 Å². The minimum Gasteiger partial charge on any atom is -0.485 e. The highest BCUT2D eigenvalue weighted by Crippen LogP contribution is 2.39. The van der Waals surface area contributed by atoms with Crippen molar-refractivity contribution in [2.24, 2.45) is 0 Å². The van der Waals surface area contributed by atoms with E-state index in [0.29, 0.717) is 35.0 Å². The molecule has 1 N–H and O–H groups in total. The molecule has 11 heteroatoms. The van der Waals surface area contributed by atoms with E-state index in [2.05, 4.69) is 20.3 Å². The summed E-state index contributed by atoms with van der Waals surface area (Å²) in [6.45, 7) is 4.48. The number of benzene rings is 1. The number of halogens is 3. The second-order valence-corrected chi connectivity index (χ2v) is 8.58. The van der Waals surface area contributed by atoms with Gasteiger partial charge in [-0.2, -0.15) is 0 Å². The van der Waals surface area contributed by atoms with Gasteiger partial charge < -0.3 is 10.1 Å². The number of nitrogens with zero attached hydrogens (tertiary/aromatic N) is 4. The standard InChI is InChI=1S/C24H18F3N5O3/c1-11-19(21-29-15(9-33)17-20(30-21)31-23(34)24(17,2)3)32-8-4-5-16(22(32)28-11)35-10-12-13(25)6-7-14(26)18(12)27/h4-9H,10H2,1-3H3,(H,29,30,31,34). The first kappa shape index (κ1) is 22.5. The first-order chi connectivity index (χ1) is 16.6. The molecule has 1 aliphatic heterocycles. The summed E-state index contributed by atoms with van der Waals surface area (Å²) in [6, 6.07) is 4.69. The number of hydrogen-bond acceptors (Lipinski definition) is 6. The van der Waals surface area contributed by atoms with E-state index in [0.717, 1.165) is 6.07 Å². The predicted molar refractivity (Wildman–Crippen MR) is 119 cm³/mol. The Morgan fingerprint density at radius 3 is 2.60 bits per heavy atom. The Morgan fingerprint density at radius 2 is 1.86 bits per heavy atom. The molecule has 0 saturated heterocycles. The van der Waals surface area contributed by atoms with Crippen molar-refractivity contribution < 1.29 is 27.5 Å². The van der Waals surface area contributed by atoms with E-state index < -0.39 is 35.0 Å². The number of hydrogen-bond donors (Lipinski definition) is 1. The van der Waals surface area contributed by atoms with Crippen molar-refractivity contribution in [3.63, 3.8) is 0 Å². The monoisotopic (exact) mass is 481 g/mol. The Balaban J connectivity index is 1.59. The normalized spacial score (nSPS) is 14.2. The molecule has 178 valence electrons. The Kier molecular flexibility index (Phi) is 5.08. The van der Waals surface area contributed by atoms with Gasteiger partial charge in [0.15, 0.2) is 35.1 Å². The number of ether oxygens (including phenoxy) is 1. The van der Waals surface area contributed by atoms with Gasteiger partial charge in [0.25, 0.3) is 0 Å². The molecule has 1 amide bonds. The number of anilines is 1. The number of aldehydes is 1. The minimum atomic E-state index is -1.32. The third-order valence-electron chi connectivity index (χ3n) is 5.98. The Hall–Kier alpha value is -4.28. The van der Waals surface area contributed by atoms with Crippen molar-refractivity contribution in [3.05, 3.63) is 70.4 Å². The molecule has 5 rings (SSSR count). The van der Waals surface area contributed by atoms with Crippen LogP contribution in [-0.2, 0) is 16.8 Å². The molecule has 0 atom stereocenters. The second-order valence-electron chi connectivity index (χ2n) is 8.58. The van der Waals surface area contributed by atoms with E-state index in [-0.39, 0.29) is 29.0 Å². The van der Waals surface area contributed by atoms with Crippen LogP contribution in [0.2, 0.25) is 0 Å². The number of amides is 1. The molecule has 1 aromatic carbocycles. The zero-order valence-electron chi connectivity index (χ0n) is 18.8. The maximum Gasteiger partial charge on any atom is 0.235 e. The summed E-state index contributed by atoms with van der Waals surface area (Å²) in [5, 5.41) is 2.69. The summed E-state index contributed by atoms with van der Waals surface area (Å²) < 4.78 is 48.8. The highest BCUT2D eigenvalue weighted by atomic mass is 19.2. The summed E-state index contributed by atoms with van der Waals surface area (Å²) in [5.41, 5.74) is 0.164. The van der Waals surface area contributed by atoms with Crippen LogP contribution in [0.15, 0.2) is 30.5 Å². The molecule has 8 nitrogen and oxygen atoms in total. The van der Waals surface area contributed by atoms with Gasteiger partial charge in [0.1, 0.15) is 29.6 Å². The predicted octanol–water partition coefficient (Wildman–Crippen LogP) is 4.14. The average molecular weight is 481 g/mol. The number of imidazole rings is 1. The van der Waals surface area contributed by atoms with Crippen LogP contribution in [0.1, 0.15) is 41.2 Å². The highest BCUT2D eigenvalue weighted by molar-refractivity contribution is 6.06. The van der Waals surface area contributed by atoms with Crippen molar-refractivity contribution in [2.45, 2.75) is 32.8 Å². The van der Waals surface area contributed by atoms with Crippen LogP contribution in [0.3, 0.4) is 0 Å². The maximum atomic E-state index is 14.0. The third-order valence-corrected chi connectivity index (χ3v) is 5.98. The first-order valence-electron chi connectivity index (χ1n) is 10.6. The lowest BCUT2D eigenvalue weighted by atomic mass is 9.86. The van der Waals surface area contributed by atoms with Gasteiger partial charge in [-0.25, -0.2) is 28.1 Å². The zero-order chi connectivity index (χ0) is 25.1. The average Bonchev–Trinajstić information content (AvgIpc) is 3.28. The minimum absolute atomic E-state index is 0.0761. The van der Waals surface area contributed by atoms with E-state index in [1.54, 1.807) is 43.5 Å². The van der Waals surface area contributed by atoms with Crippen LogP contribution in [0.25, 0.3) is 17.2 Å². The quantitative estimate of drug-likeness (QED) is 0.340. The van der Waals surface area contributed by atoms with Crippen molar-refractivity contribution in [1.29, 1.82) is 0 Å². The molecular weight excluding hydrogens is 463 g/mol. The number of carbonyl (C=O) groups excluding carboxylic acids is 2. The third kappa shape index (κ3) is 3.42. The molecule has 3 aromatic heterocycles. The van der Waals surface area contributed by atoms with Crippen molar-refractivity contribution >= 4 is 23.7 Å². The summed E-state index contributed by atoms with van der Waals surface area (Å²) in [4.78, 5) is 37.6. The van der Waals surface area contributed by atoms with Crippen molar-refractivity contribution in [2.75, 3.05) is 5.32 Å². The van der Waals surface area contributed by atoms with Crippen molar-refractivity contribution in [1.82, 2.24) is 19.4 Å². The summed E-state index contributed by atoms with van der Waals surface area (Å²) in [6.07, 6.45) is 2.22. The Labute approximate surface area is 196 Å². The number of rotatable bonds is 5. The van der Waals surface area contributed by atoms with Gasteiger partial charge in [0.05, 0.1) is 16.7 Å². The Bertz CT molecular complexity index is 1550. The fourth-order valence-corrected chi connectivity index (χ4v) is 4.14. The van der Waals surface area contributed by atoms with E-state index in [1.165, 1.54) is 0 Å². The number of carbonyl (C=O) groups is 2. The molecule has 0 radical (unpaired) electrons. The molecule has 0 fully saturated rings. The van der Waals surface area contributed by atoms with Gasteiger partial charge in [0.2, 0.25) is 5.91 Å². The summed E-state index contributed by atoms with van der Waals surface area (Å²) in [7, 11) is 0. The number of fused-ring (bicyclic) bond motifs is 2. The highest BCUT2D eigenvalue weighted by Gasteiger charge is 2.42. The molecule has 35 heavy (non-hydrogen) atoms. The van der Waals surface area contributed by atoms with E-state index in [1.807, 2.05) is 0 Å². The lowest BCUT2D eigenvalue weighted by Gasteiger charge is -2.16. The lowest BCUT2D eigenvalue weighted by Crippen LogP contribution is -2.28. The molecule has 0 spiro atoms. The smallest absolute Gasteiger partial charge is 0.235 e. The van der Waals surface area contributed by atoms with Crippen LogP contribution < -0.4 is 10.1 Å².